The SMILES string of the molecule is CC(C)C[C@H](N)c1nc(CCc2ccccc2)no1. The highest BCUT2D eigenvalue weighted by Gasteiger charge is 2.15. The quantitative estimate of drug-likeness (QED) is 0.866. The lowest BCUT2D eigenvalue weighted by molar-refractivity contribution is 0.332. The molecule has 2 N–H and O–H groups in total. The summed E-state index contributed by atoms with van der Waals surface area (Å²) in [4.78, 5) is 4.38. The Morgan fingerprint density at radius 3 is 2.58 bits per heavy atom. The summed E-state index contributed by atoms with van der Waals surface area (Å²) >= 11 is 0. The Labute approximate surface area is 114 Å². The molecule has 1 heterocycles. The summed E-state index contributed by atoms with van der Waals surface area (Å²) in [7, 11) is 0. The molecule has 1 atom stereocenters. The van der Waals surface area contributed by atoms with Gasteiger partial charge in [-0.2, -0.15) is 4.98 Å². The number of nitrogens with zero attached hydrogens (tertiary/aromatic N) is 2. The molecule has 19 heavy (non-hydrogen) atoms. The molecule has 0 saturated carbocycles. The smallest absolute Gasteiger partial charge is 0.243 e. The van der Waals surface area contributed by atoms with Crippen LogP contribution in [0.25, 0.3) is 0 Å². The standard InChI is InChI=1S/C15H21N3O/c1-11(2)10-13(16)15-17-14(18-19-15)9-8-12-6-4-3-5-7-12/h3-7,11,13H,8-10,16H2,1-2H3/t13-/m0/s1. The molecular formula is C15H21N3O. The molecule has 4 nitrogen and oxygen atoms in total. The summed E-state index contributed by atoms with van der Waals surface area (Å²) in [6, 6.07) is 10.1. The first-order valence-electron chi connectivity index (χ1n) is 6.77. The lowest BCUT2D eigenvalue weighted by Gasteiger charge is -2.08. The van der Waals surface area contributed by atoms with Crippen LogP contribution in [0.1, 0.15) is 43.6 Å². The molecule has 2 aromatic rings. The predicted molar refractivity (Wildman–Crippen MR) is 74.5 cm³/mol. The second-order valence-corrected chi connectivity index (χ2v) is 5.27. The molecule has 0 aliphatic heterocycles. The molecule has 4 heteroatoms. The van der Waals surface area contributed by atoms with Gasteiger partial charge in [0, 0.05) is 6.42 Å². The second-order valence-electron chi connectivity index (χ2n) is 5.27. The Morgan fingerprint density at radius 2 is 1.89 bits per heavy atom. The summed E-state index contributed by atoms with van der Waals surface area (Å²) in [5, 5.41) is 3.99. The summed E-state index contributed by atoms with van der Waals surface area (Å²) in [5.74, 6) is 1.81. The van der Waals surface area contributed by atoms with Gasteiger partial charge in [-0.05, 0) is 24.3 Å². The molecule has 0 fully saturated rings. The Balaban J connectivity index is 1.90. The van der Waals surface area contributed by atoms with E-state index in [1.54, 1.807) is 0 Å². The fourth-order valence-electron chi connectivity index (χ4n) is 2.03. The van der Waals surface area contributed by atoms with Crippen LogP contribution in [0.2, 0.25) is 0 Å². The van der Waals surface area contributed by atoms with E-state index in [4.69, 9.17) is 10.3 Å². The third-order valence-corrected chi connectivity index (χ3v) is 3.01. The van der Waals surface area contributed by atoms with Gasteiger partial charge in [-0.25, -0.2) is 0 Å². The highest BCUT2D eigenvalue weighted by molar-refractivity contribution is 5.15. The molecular weight excluding hydrogens is 238 g/mol. The molecule has 0 aliphatic rings. The van der Waals surface area contributed by atoms with Crippen molar-refractivity contribution in [1.29, 1.82) is 0 Å². The van der Waals surface area contributed by atoms with E-state index in [9.17, 15) is 0 Å². The van der Waals surface area contributed by atoms with E-state index in [2.05, 4.69) is 36.1 Å². The van der Waals surface area contributed by atoms with Crippen molar-refractivity contribution >= 4 is 0 Å². The first-order chi connectivity index (χ1) is 9.15. The average Bonchev–Trinajstić information content (AvgIpc) is 2.86. The van der Waals surface area contributed by atoms with E-state index >= 15 is 0 Å². The fourth-order valence-corrected chi connectivity index (χ4v) is 2.03. The lowest BCUT2D eigenvalue weighted by Crippen LogP contribution is -2.13. The van der Waals surface area contributed by atoms with E-state index in [0.717, 1.165) is 25.1 Å². The van der Waals surface area contributed by atoms with Crippen molar-refractivity contribution < 1.29 is 4.52 Å². The highest BCUT2D eigenvalue weighted by atomic mass is 16.5. The number of aryl methyl sites for hydroxylation is 2. The Kier molecular flexibility index (Phi) is 4.68. The van der Waals surface area contributed by atoms with Crippen molar-refractivity contribution in [3.63, 3.8) is 0 Å². The van der Waals surface area contributed by atoms with Gasteiger partial charge in [0.15, 0.2) is 5.82 Å². The first kappa shape index (κ1) is 13.7. The van der Waals surface area contributed by atoms with Gasteiger partial charge in [0.05, 0.1) is 6.04 Å². The van der Waals surface area contributed by atoms with Crippen LogP contribution in [-0.2, 0) is 12.8 Å². The van der Waals surface area contributed by atoms with Crippen LogP contribution < -0.4 is 5.73 Å². The minimum absolute atomic E-state index is 0.155. The minimum atomic E-state index is -0.155. The summed E-state index contributed by atoms with van der Waals surface area (Å²) < 4.78 is 5.23. The van der Waals surface area contributed by atoms with E-state index in [1.807, 2.05) is 18.2 Å². The number of rotatable bonds is 6. The first-order valence-corrected chi connectivity index (χ1v) is 6.77. The van der Waals surface area contributed by atoms with E-state index in [-0.39, 0.29) is 6.04 Å². The van der Waals surface area contributed by atoms with Crippen LogP contribution in [0.15, 0.2) is 34.9 Å². The second kappa shape index (κ2) is 6.48. The molecule has 0 aliphatic carbocycles. The number of hydrogen-bond donors (Lipinski definition) is 1. The van der Waals surface area contributed by atoms with Crippen LogP contribution in [-0.4, -0.2) is 10.1 Å². The number of benzene rings is 1. The van der Waals surface area contributed by atoms with Gasteiger partial charge in [-0.1, -0.05) is 49.3 Å². The van der Waals surface area contributed by atoms with Crippen LogP contribution in [0.5, 0.6) is 0 Å². The maximum absolute atomic E-state index is 6.02. The minimum Gasteiger partial charge on any atom is -0.338 e. The molecule has 0 saturated heterocycles. The topological polar surface area (TPSA) is 64.9 Å². The maximum atomic E-state index is 6.02. The van der Waals surface area contributed by atoms with Crippen LogP contribution in [0.4, 0.5) is 0 Å². The maximum Gasteiger partial charge on any atom is 0.243 e. The summed E-state index contributed by atoms with van der Waals surface area (Å²) in [6.07, 6.45) is 2.56. The monoisotopic (exact) mass is 259 g/mol. The molecule has 0 radical (unpaired) electrons. The predicted octanol–water partition coefficient (Wildman–Crippen LogP) is 2.90. The van der Waals surface area contributed by atoms with Gasteiger partial charge in [0.2, 0.25) is 5.89 Å². The van der Waals surface area contributed by atoms with Gasteiger partial charge in [-0.3, -0.25) is 0 Å². The van der Waals surface area contributed by atoms with Crippen molar-refractivity contribution in [2.75, 3.05) is 0 Å². The molecule has 102 valence electrons. The fraction of sp³-hybridized carbons (Fsp3) is 0.467. The van der Waals surface area contributed by atoms with Crippen molar-refractivity contribution in [3.8, 4) is 0 Å². The van der Waals surface area contributed by atoms with E-state index < -0.39 is 0 Å². The molecule has 0 unspecified atom stereocenters. The molecule has 1 aromatic carbocycles. The number of aromatic nitrogens is 2. The Morgan fingerprint density at radius 1 is 1.16 bits per heavy atom. The third kappa shape index (κ3) is 4.17. The summed E-state index contributed by atoms with van der Waals surface area (Å²) in [5.41, 5.74) is 7.30. The molecule has 0 spiro atoms. The zero-order valence-electron chi connectivity index (χ0n) is 11.5. The third-order valence-electron chi connectivity index (χ3n) is 3.01. The van der Waals surface area contributed by atoms with Crippen molar-refractivity contribution in [2.45, 2.75) is 39.2 Å². The zero-order chi connectivity index (χ0) is 13.7. The van der Waals surface area contributed by atoms with Gasteiger partial charge < -0.3 is 10.3 Å². The number of hydrogen-bond acceptors (Lipinski definition) is 4. The van der Waals surface area contributed by atoms with Crippen molar-refractivity contribution in [1.82, 2.24) is 10.1 Å². The van der Waals surface area contributed by atoms with Crippen LogP contribution >= 0.6 is 0 Å². The van der Waals surface area contributed by atoms with Gasteiger partial charge in [0.25, 0.3) is 0 Å². The molecule has 0 bridgehead atoms. The molecule has 2 rings (SSSR count). The van der Waals surface area contributed by atoms with Gasteiger partial charge >= 0.3 is 0 Å². The normalized spacial score (nSPS) is 12.8. The number of nitrogens with two attached hydrogens (primary N) is 1. The molecule has 1 aromatic heterocycles. The zero-order valence-corrected chi connectivity index (χ0v) is 11.5. The average molecular weight is 259 g/mol. The van der Waals surface area contributed by atoms with Crippen LogP contribution in [0, 0.1) is 5.92 Å². The van der Waals surface area contributed by atoms with Crippen LogP contribution in [0.3, 0.4) is 0 Å². The largest absolute Gasteiger partial charge is 0.338 e. The van der Waals surface area contributed by atoms with Gasteiger partial charge in [-0.15, -0.1) is 0 Å². The van der Waals surface area contributed by atoms with E-state index in [0.29, 0.717) is 11.8 Å². The molecule has 0 amide bonds. The highest BCUT2D eigenvalue weighted by Crippen LogP contribution is 2.17. The van der Waals surface area contributed by atoms with Crippen molar-refractivity contribution in [3.05, 3.63) is 47.6 Å². The van der Waals surface area contributed by atoms with Crippen molar-refractivity contribution in [2.24, 2.45) is 11.7 Å². The Bertz CT molecular complexity index is 493. The lowest BCUT2D eigenvalue weighted by atomic mass is 10.0. The van der Waals surface area contributed by atoms with E-state index in [1.165, 1.54) is 5.56 Å². The summed E-state index contributed by atoms with van der Waals surface area (Å²) in [6.45, 7) is 4.26. The Hall–Kier alpha value is -1.68. The van der Waals surface area contributed by atoms with Gasteiger partial charge in [0.1, 0.15) is 0 Å².